The van der Waals surface area contributed by atoms with Crippen molar-refractivity contribution in [3.63, 3.8) is 0 Å². The molecule has 0 unspecified atom stereocenters. The molecular formula is C9H14N2O2S. The Morgan fingerprint density at radius 2 is 2.07 bits per heavy atom. The van der Waals surface area contributed by atoms with E-state index in [0.29, 0.717) is 12.1 Å². The minimum atomic E-state index is -3.45. The molecule has 5 heteroatoms. The van der Waals surface area contributed by atoms with Gasteiger partial charge in [-0.3, -0.25) is 0 Å². The van der Waals surface area contributed by atoms with Crippen LogP contribution in [0.1, 0.15) is 12.5 Å². The highest BCUT2D eigenvalue weighted by molar-refractivity contribution is 7.89. The molecule has 1 aromatic rings. The Labute approximate surface area is 84.2 Å². The Bertz CT molecular complexity index is 406. The summed E-state index contributed by atoms with van der Waals surface area (Å²) >= 11 is 0. The van der Waals surface area contributed by atoms with Crippen LogP contribution in [0.2, 0.25) is 0 Å². The fourth-order valence-electron chi connectivity index (χ4n) is 1.30. The molecule has 78 valence electrons. The summed E-state index contributed by atoms with van der Waals surface area (Å²) in [5, 5.41) is 0. The number of sulfonamides is 1. The van der Waals surface area contributed by atoms with Gasteiger partial charge in [-0.1, -0.05) is 19.1 Å². The Balaban J connectivity index is 3.32. The first-order chi connectivity index (χ1) is 6.49. The summed E-state index contributed by atoms with van der Waals surface area (Å²) in [6, 6.07) is 5.04. The zero-order valence-corrected chi connectivity index (χ0v) is 9.06. The summed E-state index contributed by atoms with van der Waals surface area (Å²) in [7, 11) is -3.45. The van der Waals surface area contributed by atoms with E-state index in [1.807, 2.05) is 0 Å². The van der Waals surface area contributed by atoms with Gasteiger partial charge in [0.1, 0.15) is 4.90 Å². The van der Waals surface area contributed by atoms with Crippen LogP contribution >= 0.6 is 0 Å². The quantitative estimate of drug-likeness (QED) is 0.733. The average molecular weight is 214 g/mol. The molecule has 0 radical (unpaired) electrons. The fraction of sp³-hybridized carbons (Fsp3) is 0.333. The smallest absolute Gasteiger partial charge is 0.242 e. The van der Waals surface area contributed by atoms with Crippen LogP contribution in [-0.2, 0) is 10.0 Å². The maximum atomic E-state index is 11.7. The Hall–Kier alpha value is -1.07. The Morgan fingerprint density at radius 1 is 1.43 bits per heavy atom. The standard InChI is InChI=1S/C9H14N2O2S/c1-3-11-14(12,13)9-7(2)5-4-6-8(9)10/h4-6,11H,3,10H2,1-2H3. The lowest BCUT2D eigenvalue weighted by Gasteiger charge is -2.09. The van der Waals surface area contributed by atoms with E-state index in [0.717, 1.165) is 0 Å². The van der Waals surface area contributed by atoms with Crippen molar-refractivity contribution in [3.05, 3.63) is 23.8 Å². The van der Waals surface area contributed by atoms with Crippen LogP contribution in [0.5, 0.6) is 0 Å². The van der Waals surface area contributed by atoms with E-state index in [1.165, 1.54) is 0 Å². The van der Waals surface area contributed by atoms with Crippen molar-refractivity contribution in [2.75, 3.05) is 12.3 Å². The van der Waals surface area contributed by atoms with Crippen LogP contribution < -0.4 is 10.5 Å². The van der Waals surface area contributed by atoms with Gasteiger partial charge in [-0.25, -0.2) is 13.1 Å². The van der Waals surface area contributed by atoms with Gasteiger partial charge in [-0.2, -0.15) is 0 Å². The predicted octanol–water partition coefficient (Wildman–Crippen LogP) is 0.875. The van der Waals surface area contributed by atoms with Crippen molar-refractivity contribution < 1.29 is 8.42 Å². The van der Waals surface area contributed by atoms with Gasteiger partial charge in [0.2, 0.25) is 10.0 Å². The van der Waals surface area contributed by atoms with E-state index < -0.39 is 10.0 Å². The van der Waals surface area contributed by atoms with Gasteiger partial charge in [0.25, 0.3) is 0 Å². The first kappa shape index (κ1) is 11.0. The molecule has 1 aromatic carbocycles. The molecule has 0 atom stereocenters. The first-order valence-corrected chi connectivity index (χ1v) is 5.82. The van der Waals surface area contributed by atoms with Crippen LogP contribution in [0.4, 0.5) is 5.69 Å². The number of hydrogen-bond acceptors (Lipinski definition) is 3. The fourth-order valence-corrected chi connectivity index (χ4v) is 2.70. The van der Waals surface area contributed by atoms with Gasteiger partial charge in [0.05, 0.1) is 5.69 Å². The van der Waals surface area contributed by atoms with Gasteiger partial charge in [-0.15, -0.1) is 0 Å². The Morgan fingerprint density at radius 3 is 2.57 bits per heavy atom. The molecule has 0 amide bonds. The number of aryl methyl sites for hydroxylation is 1. The van der Waals surface area contributed by atoms with Crippen molar-refractivity contribution in [2.45, 2.75) is 18.7 Å². The number of nitrogens with two attached hydrogens (primary N) is 1. The van der Waals surface area contributed by atoms with E-state index >= 15 is 0 Å². The topological polar surface area (TPSA) is 72.2 Å². The zero-order valence-electron chi connectivity index (χ0n) is 8.24. The largest absolute Gasteiger partial charge is 0.398 e. The van der Waals surface area contributed by atoms with Gasteiger partial charge >= 0.3 is 0 Å². The summed E-state index contributed by atoms with van der Waals surface area (Å²) in [4.78, 5) is 0.182. The highest BCUT2D eigenvalue weighted by atomic mass is 32.2. The van der Waals surface area contributed by atoms with Crippen LogP contribution in [0.25, 0.3) is 0 Å². The summed E-state index contributed by atoms with van der Waals surface area (Å²) in [6.45, 7) is 3.81. The summed E-state index contributed by atoms with van der Waals surface area (Å²) in [5.41, 5.74) is 6.56. The molecule has 0 heterocycles. The molecule has 0 aromatic heterocycles. The number of nitrogen functional groups attached to an aromatic ring is 1. The molecule has 4 nitrogen and oxygen atoms in total. The average Bonchev–Trinajstić information content (AvgIpc) is 2.02. The van der Waals surface area contributed by atoms with Crippen molar-refractivity contribution >= 4 is 15.7 Å². The van der Waals surface area contributed by atoms with E-state index in [4.69, 9.17) is 5.73 Å². The third-order valence-electron chi connectivity index (χ3n) is 1.85. The molecule has 3 N–H and O–H groups in total. The summed E-state index contributed by atoms with van der Waals surface area (Å²) < 4.78 is 25.8. The molecule has 0 saturated heterocycles. The van der Waals surface area contributed by atoms with E-state index in [-0.39, 0.29) is 10.6 Å². The molecule has 1 rings (SSSR count). The molecule has 0 saturated carbocycles. The van der Waals surface area contributed by atoms with Crippen molar-refractivity contribution in [3.8, 4) is 0 Å². The third-order valence-corrected chi connectivity index (χ3v) is 3.61. The molecule has 0 spiro atoms. The van der Waals surface area contributed by atoms with Crippen molar-refractivity contribution in [1.82, 2.24) is 4.72 Å². The third kappa shape index (κ3) is 2.05. The van der Waals surface area contributed by atoms with Crippen LogP contribution in [-0.4, -0.2) is 15.0 Å². The molecule has 0 fully saturated rings. The first-order valence-electron chi connectivity index (χ1n) is 4.33. The minimum absolute atomic E-state index is 0.182. The van der Waals surface area contributed by atoms with Gasteiger partial charge in [0, 0.05) is 6.54 Å². The molecule has 0 aliphatic carbocycles. The second-order valence-corrected chi connectivity index (χ2v) is 4.70. The lowest BCUT2D eigenvalue weighted by Crippen LogP contribution is -2.24. The monoisotopic (exact) mass is 214 g/mol. The maximum absolute atomic E-state index is 11.7. The van der Waals surface area contributed by atoms with E-state index in [1.54, 1.807) is 32.0 Å². The molecule has 0 bridgehead atoms. The molecule has 0 aliphatic heterocycles. The van der Waals surface area contributed by atoms with Crippen LogP contribution in [0, 0.1) is 6.92 Å². The highest BCUT2D eigenvalue weighted by Crippen LogP contribution is 2.21. The number of benzene rings is 1. The second-order valence-electron chi connectivity index (χ2n) is 2.99. The molecule has 0 aliphatic rings. The van der Waals surface area contributed by atoms with E-state index in [2.05, 4.69) is 4.72 Å². The normalized spacial score (nSPS) is 11.6. The van der Waals surface area contributed by atoms with Gasteiger partial charge < -0.3 is 5.73 Å². The SMILES string of the molecule is CCNS(=O)(=O)c1c(C)cccc1N. The van der Waals surface area contributed by atoms with E-state index in [9.17, 15) is 8.42 Å². The second kappa shape index (κ2) is 3.98. The number of rotatable bonds is 3. The van der Waals surface area contributed by atoms with Gasteiger partial charge in [-0.05, 0) is 18.6 Å². The van der Waals surface area contributed by atoms with Gasteiger partial charge in [0.15, 0.2) is 0 Å². The van der Waals surface area contributed by atoms with Crippen LogP contribution in [0.15, 0.2) is 23.1 Å². The maximum Gasteiger partial charge on any atom is 0.242 e. The number of nitrogens with one attached hydrogen (secondary N) is 1. The predicted molar refractivity (Wildman–Crippen MR) is 56.5 cm³/mol. The molecule has 14 heavy (non-hydrogen) atoms. The number of anilines is 1. The molecular weight excluding hydrogens is 200 g/mol. The lowest BCUT2D eigenvalue weighted by atomic mass is 10.2. The van der Waals surface area contributed by atoms with Crippen molar-refractivity contribution in [1.29, 1.82) is 0 Å². The summed E-state index contributed by atoms with van der Waals surface area (Å²) in [5.74, 6) is 0. The lowest BCUT2D eigenvalue weighted by molar-refractivity contribution is 0.584. The van der Waals surface area contributed by atoms with Crippen molar-refractivity contribution in [2.24, 2.45) is 0 Å². The minimum Gasteiger partial charge on any atom is -0.398 e. The summed E-state index contributed by atoms with van der Waals surface area (Å²) in [6.07, 6.45) is 0. The van der Waals surface area contributed by atoms with Crippen LogP contribution in [0.3, 0.4) is 0 Å². The number of hydrogen-bond donors (Lipinski definition) is 2. The zero-order chi connectivity index (χ0) is 10.8. The Kier molecular flexibility index (Phi) is 3.13. The highest BCUT2D eigenvalue weighted by Gasteiger charge is 2.18.